The van der Waals surface area contributed by atoms with Crippen LogP contribution in [0.25, 0.3) is 0 Å². The fourth-order valence-corrected chi connectivity index (χ4v) is 7.27. The highest BCUT2D eigenvalue weighted by molar-refractivity contribution is 6.74. The zero-order valence-electron chi connectivity index (χ0n) is 27.3. The molecular weight excluding hydrogens is 520 g/mol. The van der Waals surface area contributed by atoms with Gasteiger partial charge in [0.15, 0.2) is 14.1 Å². The van der Waals surface area contributed by atoms with Crippen LogP contribution in [0.4, 0.5) is 0 Å². The second-order valence-corrected chi connectivity index (χ2v) is 18.9. The van der Waals surface area contributed by atoms with E-state index in [9.17, 15) is 9.59 Å². The molecule has 0 aromatic carbocycles. The Morgan fingerprint density at radius 2 is 1.57 bits per heavy atom. The first kappa shape index (κ1) is 35.4. The van der Waals surface area contributed by atoms with Crippen LogP contribution in [0.3, 0.4) is 0 Å². The summed E-state index contributed by atoms with van der Waals surface area (Å²) in [6.07, 6.45) is 14.3. The van der Waals surface area contributed by atoms with Gasteiger partial charge in [0.2, 0.25) is 0 Å². The Bertz CT molecular complexity index is 753. The third-order valence-electron chi connectivity index (χ3n) is 9.52. The monoisotopic (exact) mass is 582 g/mol. The molecule has 0 aromatic heterocycles. The second-order valence-electron chi connectivity index (χ2n) is 14.2. The molecule has 2 aliphatic rings. The van der Waals surface area contributed by atoms with Gasteiger partial charge >= 0.3 is 5.97 Å². The quantitative estimate of drug-likeness (QED) is 0.0862. The molecule has 234 valence electrons. The van der Waals surface area contributed by atoms with Crippen molar-refractivity contribution >= 4 is 20.1 Å². The van der Waals surface area contributed by atoms with Crippen LogP contribution in [0.15, 0.2) is 0 Å². The van der Waals surface area contributed by atoms with Crippen LogP contribution >= 0.6 is 0 Å². The molecule has 0 aromatic rings. The summed E-state index contributed by atoms with van der Waals surface area (Å²) in [7, 11) is -2.00. The maximum Gasteiger partial charge on any atom is 0.308 e. The van der Waals surface area contributed by atoms with E-state index in [1.165, 1.54) is 25.7 Å². The first-order valence-corrected chi connectivity index (χ1v) is 19.4. The lowest BCUT2D eigenvalue weighted by atomic mass is 9.84. The summed E-state index contributed by atoms with van der Waals surface area (Å²) >= 11 is 0. The first-order valence-electron chi connectivity index (χ1n) is 16.5. The zero-order chi connectivity index (χ0) is 29.8. The highest BCUT2D eigenvalue weighted by Gasteiger charge is 2.48. The number of unbranched alkanes of at least 4 members (excludes halogenated alkanes) is 7. The van der Waals surface area contributed by atoms with Gasteiger partial charge < -0.3 is 18.6 Å². The Kier molecular flexibility index (Phi) is 14.9. The molecule has 0 N–H and O–H groups in total. The van der Waals surface area contributed by atoms with E-state index in [2.05, 4.69) is 40.8 Å². The number of rotatable bonds is 19. The number of carbonyl (C=O) groups is 2. The van der Waals surface area contributed by atoms with Gasteiger partial charge in [0, 0.05) is 25.2 Å². The minimum Gasteiger partial charge on any atom is -0.465 e. The van der Waals surface area contributed by atoms with Gasteiger partial charge in [-0.3, -0.25) is 9.59 Å². The van der Waals surface area contributed by atoms with Crippen LogP contribution in [0.1, 0.15) is 131 Å². The molecule has 0 unspecified atom stereocenters. The minimum absolute atomic E-state index is 0.0146. The smallest absolute Gasteiger partial charge is 0.308 e. The van der Waals surface area contributed by atoms with Gasteiger partial charge in [-0.1, -0.05) is 86.5 Å². The molecule has 0 amide bonds. The minimum atomic E-state index is -2.00. The molecule has 2 fully saturated rings. The second kappa shape index (κ2) is 16.8. The average Bonchev–Trinajstić information content (AvgIpc) is 3.45. The fourth-order valence-electron chi connectivity index (χ4n) is 5.90. The van der Waals surface area contributed by atoms with E-state index < -0.39 is 14.1 Å². The van der Waals surface area contributed by atoms with Crippen LogP contribution < -0.4 is 0 Å². The van der Waals surface area contributed by atoms with E-state index in [1.54, 1.807) is 0 Å². The molecule has 3 atom stereocenters. The largest absolute Gasteiger partial charge is 0.465 e. The molecule has 2 rings (SSSR count). The van der Waals surface area contributed by atoms with E-state index in [1.807, 2.05) is 13.8 Å². The van der Waals surface area contributed by atoms with E-state index in [-0.39, 0.29) is 34.9 Å². The number of hydrogen-bond donors (Lipinski definition) is 0. The molecule has 1 aliphatic heterocycles. The topological polar surface area (TPSA) is 71.1 Å². The van der Waals surface area contributed by atoms with Crippen molar-refractivity contribution in [2.24, 2.45) is 17.8 Å². The third-order valence-corrected chi connectivity index (χ3v) is 14.0. The molecule has 0 radical (unpaired) electrons. The summed E-state index contributed by atoms with van der Waals surface area (Å²) in [5, 5.41) is 0.111. The van der Waals surface area contributed by atoms with Crippen LogP contribution in [0.2, 0.25) is 18.1 Å². The molecule has 1 saturated carbocycles. The summed E-state index contributed by atoms with van der Waals surface area (Å²) in [6.45, 7) is 19.2. The first-order chi connectivity index (χ1) is 18.8. The summed E-state index contributed by atoms with van der Waals surface area (Å²) in [4.78, 5) is 25.2. The lowest BCUT2D eigenvalue weighted by Gasteiger charge is -2.40. The standard InChI is InChI=1S/C33H62O6Si/c1-9-10-11-13-16-20-33(37-23-24-38-33)21-19-27-28(18-15-12-14-17-22-36-31(35)26(2)3)30(25-29(27)34)39-40(7,8)32(4,5)6/h26-28,30H,9-25H2,1-8H3/t27-,28-,30+/m1/s1. The SMILES string of the molecule is CCCCCCCC1(CC[C@H]2C(=O)C[C@H](O[Si](C)(C)C(C)(C)C)[C@@H]2CCCCCCOC(=O)C(C)C)OCCO1. The summed E-state index contributed by atoms with van der Waals surface area (Å²) in [6, 6.07) is 0. The Hall–Kier alpha value is -0.763. The van der Waals surface area contributed by atoms with Crippen molar-refractivity contribution in [2.75, 3.05) is 19.8 Å². The van der Waals surface area contributed by atoms with Crippen LogP contribution in [0.5, 0.6) is 0 Å². The molecule has 7 heteroatoms. The van der Waals surface area contributed by atoms with Crippen molar-refractivity contribution in [3.63, 3.8) is 0 Å². The highest BCUT2D eigenvalue weighted by Crippen LogP contribution is 2.45. The molecular formula is C33H62O6Si. The van der Waals surface area contributed by atoms with E-state index in [0.717, 1.165) is 57.8 Å². The number of hydrogen-bond acceptors (Lipinski definition) is 6. The van der Waals surface area contributed by atoms with E-state index in [0.29, 0.717) is 32.0 Å². The molecule has 1 heterocycles. The Balaban J connectivity index is 1.99. The van der Waals surface area contributed by atoms with Gasteiger partial charge in [-0.25, -0.2) is 0 Å². The van der Waals surface area contributed by atoms with Crippen LogP contribution in [0, 0.1) is 17.8 Å². The van der Waals surface area contributed by atoms with Crippen molar-refractivity contribution < 1.29 is 28.2 Å². The van der Waals surface area contributed by atoms with Crippen molar-refractivity contribution in [2.45, 2.75) is 161 Å². The highest BCUT2D eigenvalue weighted by atomic mass is 28.4. The molecule has 1 saturated heterocycles. The van der Waals surface area contributed by atoms with Crippen LogP contribution in [-0.2, 0) is 28.2 Å². The average molecular weight is 583 g/mol. The molecule has 6 nitrogen and oxygen atoms in total. The number of carbonyl (C=O) groups excluding carboxylic acids is 2. The summed E-state index contributed by atoms with van der Waals surface area (Å²) in [5.74, 6) is -0.0647. The molecule has 0 bridgehead atoms. The van der Waals surface area contributed by atoms with Gasteiger partial charge in [-0.05, 0) is 49.7 Å². The van der Waals surface area contributed by atoms with Crippen molar-refractivity contribution in [1.82, 2.24) is 0 Å². The Morgan fingerprint density at radius 3 is 2.20 bits per heavy atom. The third kappa shape index (κ3) is 11.1. The summed E-state index contributed by atoms with van der Waals surface area (Å²) in [5.41, 5.74) is 0. The van der Waals surface area contributed by atoms with E-state index >= 15 is 0 Å². The summed E-state index contributed by atoms with van der Waals surface area (Å²) < 4.78 is 24.7. The maximum atomic E-state index is 13.5. The predicted octanol–water partition coefficient (Wildman–Crippen LogP) is 8.62. The van der Waals surface area contributed by atoms with Gasteiger partial charge in [-0.2, -0.15) is 0 Å². The Morgan fingerprint density at radius 1 is 0.950 bits per heavy atom. The van der Waals surface area contributed by atoms with Gasteiger partial charge in [0.1, 0.15) is 5.78 Å². The number of Topliss-reactive ketones (excluding diaryl/α,β-unsaturated/α-hetero) is 1. The van der Waals surface area contributed by atoms with Gasteiger partial charge in [0.05, 0.1) is 31.8 Å². The predicted molar refractivity (Wildman–Crippen MR) is 165 cm³/mol. The lowest BCUT2D eigenvalue weighted by Crippen LogP contribution is -2.45. The molecule has 1 aliphatic carbocycles. The number of ether oxygens (including phenoxy) is 3. The van der Waals surface area contributed by atoms with Gasteiger partial charge in [0.25, 0.3) is 0 Å². The van der Waals surface area contributed by atoms with Crippen LogP contribution in [-0.4, -0.2) is 51.8 Å². The molecule has 40 heavy (non-hydrogen) atoms. The lowest BCUT2D eigenvalue weighted by molar-refractivity contribution is -0.171. The van der Waals surface area contributed by atoms with Crippen molar-refractivity contribution in [3.8, 4) is 0 Å². The van der Waals surface area contributed by atoms with E-state index in [4.69, 9.17) is 18.6 Å². The number of esters is 1. The Labute approximate surface area is 247 Å². The normalized spacial score (nSPS) is 23.3. The molecule has 0 spiro atoms. The maximum absolute atomic E-state index is 13.5. The fraction of sp³-hybridized carbons (Fsp3) is 0.939. The number of ketones is 1. The van der Waals surface area contributed by atoms with Gasteiger partial charge in [-0.15, -0.1) is 0 Å². The van der Waals surface area contributed by atoms with Crippen molar-refractivity contribution in [1.29, 1.82) is 0 Å². The zero-order valence-corrected chi connectivity index (χ0v) is 28.3. The van der Waals surface area contributed by atoms with Crippen molar-refractivity contribution in [3.05, 3.63) is 0 Å².